The fourth-order valence-corrected chi connectivity index (χ4v) is 2.50. The standard InChI is InChI=1S/C13H14N2O2S/c1-9-8-11(15(16)17)5-6-12(9)14-10(2)13-4-3-7-18-13/h3-8,10,14H,1-2H3. The summed E-state index contributed by atoms with van der Waals surface area (Å²) in [7, 11) is 0. The molecule has 2 aromatic rings. The van der Waals surface area contributed by atoms with Gasteiger partial charge in [-0.25, -0.2) is 0 Å². The van der Waals surface area contributed by atoms with Crippen molar-refractivity contribution in [1.82, 2.24) is 0 Å². The van der Waals surface area contributed by atoms with Crippen LogP contribution in [0.25, 0.3) is 0 Å². The number of nitrogens with one attached hydrogen (secondary N) is 1. The van der Waals surface area contributed by atoms with Crippen molar-refractivity contribution in [2.45, 2.75) is 19.9 Å². The van der Waals surface area contributed by atoms with E-state index in [4.69, 9.17) is 0 Å². The van der Waals surface area contributed by atoms with E-state index in [9.17, 15) is 10.1 Å². The number of rotatable bonds is 4. The highest BCUT2D eigenvalue weighted by atomic mass is 32.1. The van der Waals surface area contributed by atoms with Crippen molar-refractivity contribution in [2.24, 2.45) is 0 Å². The number of anilines is 1. The number of aryl methyl sites for hydroxylation is 1. The maximum atomic E-state index is 10.7. The molecule has 1 N–H and O–H groups in total. The van der Waals surface area contributed by atoms with Crippen LogP contribution in [0.1, 0.15) is 23.4 Å². The Morgan fingerprint density at radius 3 is 2.72 bits per heavy atom. The summed E-state index contributed by atoms with van der Waals surface area (Å²) < 4.78 is 0. The first-order chi connectivity index (χ1) is 8.58. The molecule has 0 bridgehead atoms. The Labute approximate surface area is 109 Å². The second kappa shape index (κ2) is 5.18. The summed E-state index contributed by atoms with van der Waals surface area (Å²) in [6.45, 7) is 3.95. The predicted molar refractivity (Wildman–Crippen MR) is 74.2 cm³/mol. The second-order valence-corrected chi connectivity index (χ2v) is 5.12. The summed E-state index contributed by atoms with van der Waals surface area (Å²) in [5, 5.41) is 16.1. The van der Waals surface area contributed by atoms with Gasteiger partial charge in [0, 0.05) is 22.7 Å². The highest BCUT2D eigenvalue weighted by molar-refractivity contribution is 7.10. The van der Waals surface area contributed by atoms with Gasteiger partial charge in [-0.3, -0.25) is 10.1 Å². The molecule has 0 amide bonds. The number of thiophene rings is 1. The molecule has 1 aromatic carbocycles. The largest absolute Gasteiger partial charge is 0.377 e. The first-order valence-electron chi connectivity index (χ1n) is 5.63. The summed E-state index contributed by atoms with van der Waals surface area (Å²) in [4.78, 5) is 11.5. The van der Waals surface area contributed by atoms with E-state index in [1.165, 1.54) is 10.9 Å². The van der Waals surface area contributed by atoms with Crippen LogP contribution < -0.4 is 5.32 Å². The molecule has 1 unspecified atom stereocenters. The van der Waals surface area contributed by atoms with Crippen LogP contribution in [0, 0.1) is 17.0 Å². The average molecular weight is 262 g/mol. The van der Waals surface area contributed by atoms with Gasteiger partial charge >= 0.3 is 0 Å². The summed E-state index contributed by atoms with van der Waals surface area (Å²) in [5.41, 5.74) is 1.94. The molecule has 2 rings (SSSR count). The van der Waals surface area contributed by atoms with Gasteiger partial charge in [-0.05, 0) is 36.9 Å². The van der Waals surface area contributed by atoms with E-state index in [1.807, 2.05) is 18.4 Å². The van der Waals surface area contributed by atoms with Crippen molar-refractivity contribution in [1.29, 1.82) is 0 Å². The molecule has 0 aliphatic heterocycles. The van der Waals surface area contributed by atoms with E-state index in [0.29, 0.717) is 0 Å². The minimum Gasteiger partial charge on any atom is -0.377 e. The quantitative estimate of drug-likeness (QED) is 0.665. The molecule has 18 heavy (non-hydrogen) atoms. The van der Waals surface area contributed by atoms with Gasteiger partial charge in [-0.2, -0.15) is 0 Å². The second-order valence-electron chi connectivity index (χ2n) is 4.14. The first-order valence-corrected chi connectivity index (χ1v) is 6.51. The predicted octanol–water partition coefficient (Wildman–Crippen LogP) is 4.14. The first kappa shape index (κ1) is 12.6. The Morgan fingerprint density at radius 2 is 2.17 bits per heavy atom. The van der Waals surface area contributed by atoms with Crippen LogP contribution in [0.5, 0.6) is 0 Å². The number of nitro benzene ring substituents is 1. The Bertz CT molecular complexity index is 552. The number of benzene rings is 1. The van der Waals surface area contributed by atoms with Gasteiger partial charge in [0.15, 0.2) is 0 Å². The lowest BCUT2D eigenvalue weighted by molar-refractivity contribution is -0.384. The summed E-state index contributed by atoms with van der Waals surface area (Å²) in [6, 6.07) is 9.16. The third-order valence-electron chi connectivity index (χ3n) is 2.76. The number of nitro groups is 1. The number of hydrogen-bond acceptors (Lipinski definition) is 4. The Morgan fingerprint density at radius 1 is 1.39 bits per heavy atom. The van der Waals surface area contributed by atoms with E-state index < -0.39 is 0 Å². The maximum absolute atomic E-state index is 10.7. The van der Waals surface area contributed by atoms with Crippen LogP contribution in [-0.2, 0) is 0 Å². The van der Waals surface area contributed by atoms with E-state index >= 15 is 0 Å². The molecule has 0 saturated heterocycles. The minimum atomic E-state index is -0.376. The smallest absolute Gasteiger partial charge is 0.269 e. The van der Waals surface area contributed by atoms with Crippen LogP contribution in [0.15, 0.2) is 35.7 Å². The van der Waals surface area contributed by atoms with Crippen LogP contribution >= 0.6 is 11.3 Å². The van der Waals surface area contributed by atoms with E-state index in [-0.39, 0.29) is 16.7 Å². The molecule has 0 aliphatic carbocycles. The van der Waals surface area contributed by atoms with Gasteiger partial charge < -0.3 is 5.32 Å². The maximum Gasteiger partial charge on any atom is 0.269 e. The fraction of sp³-hybridized carbons (Fsp3) is 0.231. The van der Waals surface area contributed by atoms with Gasteiger partial charge in [-0.1, -0.05) is 6.07 Å². The molecule has 0 aliphatic rings. The molecule has 94 valence electrons. The zero-order chi connectivity index (χ0) is 13.1. The molecule has 1 aromatic heterocycles. The zero-order valence-corrected chi connectivity index (χ0v) is 11.0. The van der Waals surface area contributed by atoms with Crippen LogP contribution in [0.3, 0.4) is 0 Å². The normalized spacial score (nSPS) is 12.1. The van der Waals surface area contributed by atoms with Crippen LogP contribution in [0.4, 0.5) is 11.4 Å². The highest BCUT2D eigenvalue weighted by Gasteiger charge is 2.11. The number of hydrogen-bond donors (Lipinski definition) is 1. The monoisotopic (exact) mass is 262 g/mol. The van der Waals surface area contributed by atoms with E-state index in [0.717, 1.165) is 11.3 Å². The van der Waals surface area contributed by atoms with Crippen molar-refractivity contribution in [2.75, 3.05) is 5.32 Å². The molecule has 5 heteroatoms. The molecule has 0 fully saturated rings. The van der Waals surface area contributed by atoms with Gasteiger partial charge in [0.25, 0.3) is 5.69 Å². The van der Waals surface area contributed by atoms with Crippen molar-refractivity contribution in [3.8, 4) is 0 Å². The molecular weight excluding hydrogens is 248 g/mol. The SMILES string of the molecule is Cc1cc([N+](=O)[O-])ccc1NC(C)c1cccs1. The van der Waals surface area contributed by atoms with Crippen molar-refractivity contribution in [3.63, 3.8) is 0 Å². The van der Waals surface area contributed by atoms with Gasteiger partial charge in [0.1, 0.15) is 0 Å². The molecule has 1 heterocycles. The van der Waals surface area contributed by atoms with Gasteiger partial charge in [0.2, 0.25) is 0 Å². The third kappa shape index (κ3) is 2.68. The van der Waals surface area contributed by atoms with Gasteiger partial charge in [-0.15, -0.1) is 11.3 Å². The van der Waals surface area contributed by atoms with Gasteiger partial charge in [0.05, 0.1) is 11.0 Å². The minimum absolute atomic E-state index is 0.127. The van der Waals surface area contributed by atoms with E-state index in [2.05, 4.69) is 18.3 Å². The number of nitrogens with zero attached hydrogens (tertiary/aromatic N) is 1. The molecule has 0 radical (unpaired) electrons. The summed E-state index contributed by atoms with van der Waals surface area (Å²) in [6.07, 6.45) is 0. The lowest BCUT2D eigenvalue weighted by atomic mass is 10.1. The van der Waals surface area contributed by atoms with Crippen molar-refractivity contribution in [3.05, 3.63) is 56.3 Å². The Kier molecular flexibility index (Phi) is 3.62. The fourth-order valence-electron chi connectivity index (χ4n) is 1.77. The topological polar surface area (TPSA) is 55.2 Å². The average Bonchev–Trinajstić information content (AvgIpc) is 2.85. The van der Waals surface area contributed by atoms with E-state index in [1.54, 1.807) is 23.5 Å². The van der Waals surface area contributed by atoms with Crippen LogP contribution in [-0.4, -0.2) is 4.92 Å². The van der Waals surface area contributed by atoms with Crippen molar-refractivity contribution >= 4 is 22.7 Å². The molecule has 0 spiro atoms. The highest BCUT2D eigenvalue weighted by Crippen LogP contribution is 2.27. The Hall–Kier alpha value is -1.88. The molecular formula is C13H14N2O2S. The lowest BCUT2D eigenvalue weighted by Gasteiger charge is -2.15. The molecule has 4 nitrogen and oxygen atoms in total. The lowest BCUT2D eigenvalue weighted by Crippen LogP contribution is -2.06. The summed E-state index contributed by atoms with van der Waals surface area (Å²) >= 11 is 1.69. The van der Waals surface area contributed by atoms with Crippen molar-refractivity contribution < 1.29 is 4.92 Å². The zero-order valence-electron chi connectivity index (χ0n) is 10.2. The molecule has 0 saturated carbocycles. The third-order valence-corrected chi connectivity index (χ3v) is 3.82. The number of non-ortho nitro benzene ring substituents is 1. The Balaban J connectivity index is 2.17. The van der Waals surface area contributed by atoms with Crippen LogP contribution in [0.2, 0.25) is 0 Å². The molecule has 1 atom stereocenters. The summed E-state index contributed by atoms with van der Waals surface area (Å²) in [5.74, 6) is 0.